The Hall–Kier alpha value is -0.220. The van der Waals surface area contributed by atoms with Crippen LogP contribution in [0.4, 0.5) is 4.79 Å². The van der Waals surface area contributed by atoms with E-state index in [0.29, 0.717) is 0 Å². The number of carbonyl (C=O) groups is 1. The summed E-state index contributed by atoms with van der Waals surface area (Å²) in [5, 5.41) is 8.99. The molecule has 4 heteroatoms. The number of aliphatic hydroxyl groups is 1. The Morgan fingerprint density at radius 2 is 2.45 bits per heavy atom. The number of hydrogen-bond donors (Lipinski definition) is 1. The lowest BCUT2D eigenvalue weighted by molar-refractivity contribution is 0.147. The molecule has 0 radical (unpaired) electrons. The lowest BCUT2D eigenvalue weighted by atomic mass is 10.2. The predicted molar refractivity (Wildman–Crippen MR) is 45.7 cm³/mol. The summed E-state index contributed by atoms with van der Waals surface area (Å²) in [6, 6.07) is 0.238. The molecule has 1 N–H and O–H groups in total. The van der Waals surface area contributed by atoms with Crippen molar-refractivity contribution in [3.8, 4) is 0 Å². The van der Waals surface area contributed by atoms with Crippen LogP contribution in [0.2, 0.25) is 0 Å². The van der Waals surface area contributed by atoms with Gasteiger partial charge in [0.25, 0.3) is 5.24 Å². The van der Waals surface area contributed by atoms with Crippen molar-refractivity contribution < 1.29 is 9.90 Å². The van der Waals surface area contributed by atoms with Gasteiger partial charge in [-0.05, 0) is 13.8 Å². The van der Waals surface area contributed by atoms with Gasteiger partial charge in [-0.25, -0.2) is 0 Å². The van der Waals surface area contributed by atoms with Crippen molar-refractivity contribution in [1.82, 2.24) is 4.90 Å². The minimum Gasteiger partial charge on any atom is -0.394 e. The SMILES string of the molecule is CC(C)N1C(=O)SCC1CO. The molecule has 11 heavy (non-hydrogen) atoms. The fraction of sp³-hybridized carbons (Fsp3) is 0.857. The van der Waals surface area contributed by atoms with Crippen LogP contribution in [-0.2, 0) is 0 Å². The van der Waals surface area contributed by atoms with E-state index in [0.717, 1.165) is 5.75 Å². The topological polar surface area (TPSA) is 40.5 Å². The van der Waals surface area contributed by atoms with E-state index in [1.807, 2.05) is 13.8 Å². The molecule has 1 heterocycles. The van der Waals surface area contributed by atoms with Gasteiger partial charge in [-0.15, -0.1) is 0 Å². The van der Waals surface area contributed by atoms with Gasteiger partial charge in [0.15, 0.2) is 0 Å². The number of carbonyl (C=O) groups excluding carboxylic acids is 1. The first-order valence-electron chi connectivity index (χ1n) is 3.72. The van der Waals surface area contributed by atoms with Crippen molar-refractivity contribution in [2.75, 3.05) is 12.4 Å². The predicted octanol–water partition coefficient (Wildman–Crippen LogP) is 0.924. The molecule has 0 aromatic carbocycles. The molecule has 1 unspecified atom stereocenters. The Labute approximate surface area is 70.8 Å². The van der Waals surface area contributed by atoms with Gasteiger partial charge in [0, 0.05) is 11.8 Å². The number of thioether (sulfide) groups is 1. The molecular formula is C7H13NO2S. The number of amides is 1. The minimum atomic E-state index is 0.0347. The van der Waals surface area contributed by atoms with E-state index < -0.39 is 0 Å². The van der Waals surface area contributed by atoms with Gasteiger partial charge in [-0.1, -0.05) is 11.8 Å². The summed E-state index contributed by atoms with van der Waals surface area (Å²) in [4.78, 5) is 12.9. The van der Waals surface area contributed by atoms with Gasteiger partial charge >= 0.3 is 0 Å². The van der Waals surface area contributed by atoms with Gasteiger partial charge in [-0.2, -0.15) is 0 Å². The largest absolute Gasteiger partial charge is 0.394 e. The maximum Gasteiger partial charge on any atom is 0.282 e. The summed E-state index contributed by atoms with van der Waals surface area (Å²) >= 11 is 1.29. The van der Waals surface area contributed by atoms with Crippen molar-refractivity contribution in [3.05, 3.63) is 0 Å². The molecule has 1 aliphatic rings. The fourth-order valence-electron chi connectivity index (χ4n) is 1.24. The zero-order chi connectivity index (χ0) is 8.43. The lowest BCUT2D eigenvalue weighted by Crippen LogP contribution is -2.40. The van der Waals surface area contributed by atoms with Crippen LogP contribution < -0.4 is 0 Å². The normalized spacial score (nSPS) is 25.3. The van der Waals surface area contributed by atoms with Gasteiger partial charge in [0.2, 0.25) is 0 Å². The first-order chi connectivity index (χ1) is 5.16. The molecule has 0 spiro atoms. The van der Waals surface area contributed by atoms with Crippen LogP contribution in [0.5, 0.6) is 0 Å². The van der Waals surface area contributed by atoms with Gasteiger partial charge in [0.1, 0.15) is 0 Å². The van der Waals surface area contributed by atoms with Gasteiger partial charge in [0.05, 0.1) is 12.6 Å². The molecule has 64 valence electrons. The average molecular weight is 175 g/mol. The van der Waals surface area contributed by atoms with Crippen LogP contribution in [-0.4, -0.2) is 39.7 Å². The van der Waals surface area contributed by atoms with E-state index in [4.69, 9.17) is 5.11 Å². The third kappa shape index (κ3) is 1.68. The molecule has 1 atom stereocenters. The third-order valence-electron chi connectivity index (χ3n) is 1.77. The zero-order valence-electron chi connectivity index (χ0n) is 6.78. The smallest absolute Gasteiger partial charge is 0.282 e. The van der Waals surface area contributed by atoms with E-state index in [9.17, 15) is 4.79 Å². The molecule has 1 aliphatic heterocycles. The van der Waals surface area contributed by atoms with Crippen molar-refractivity contribution in [3.63, 3.8) is 0 Å². The first kappa shape index (κ1) is 8.87. The van der Waals surface area contributed by atoms with E-state index in [2.05, 4.69) is 0 Å². The summed E-state index contributed by atoms with van der Waals surface area (Å²) in [5.74, 6) is 0.730. The highest BCUT2D eigenvalue weighted by molar-refractivity contribution is 8.13. The molecule has 0 aliphatic carbocycles. The third-order valence-corrected chi connectivity index (χ3v) is 2.78. The molecule has 0 aromatic heterocycles. The molecule has 3 nitrogen and oxygen atoms in total. The van der Waals surface area contributed by atoms with Crippen molar-refractivity contribution in [2.24, 2.45) is 0 Å². The van der Waals surface area contributed by atoms with Crippen LogP contribution >= 0.6 is 11.8 Å². The van der Waals surface area contributed by atoms with Crippen molar-refractivity contribution in [2.45, 2.75) is 25.9 Å². The number of nitrogens with zero attached hydrogens (tertiary/aromatic N) is 1. The summed E-state index contributed by atoms with van der Waals surface area (Å²) < 4.78 is 0. The standard InChI is InChI=1S/C7H13NO2S/c1-5(2)8-6(3-9)4-11-7(8)10/h5-6,9H,3-4H2,1-2H3. The highest BCUT2D eigenvalue weighted by Gasteiger charge is 2.32. The highest BCUT2D eigenvalue weighted by Crippen LogP contribution is 2.25. The number of rotatable bonds is 2. The average Bonchev–Trinajstić information content (AvgIpc) is 2.30. The molecule has 1 amide bonds. The molecular weight excluding hydrogens is 162 g/mol. The van der Waals surface area contributed by atoms with Crippen LogP contribution in [0.15, 0.2) is 0 Å². The van der Waals surface area contributed by atoms with E-state index in [1.54, 1.807) is 4.90 Å². The highest BCUT2D eigenvalue weighted by atomic mass is 32.2. The van der Waals surface area contributed by atoms with E-state index in [-0.39, 0.29) is 23.9 Å². The summed E-state index contributed by atoms with van der Waals surface area (Å²) in [6.07, 6.45) is 0. The maximum atomic E-state index is 11.2. The Morgan fingerprint density at radius 1 is 1.82 bits per heavy atom. The van der Waals surface area contributed by atoms with Crippen molar-refractivity contribution in [1.29, 1.82) is 0 Å². The summed E-state index contributed by atoms with van der Waals surface area (Å²) in [7, 11) is 0. The quantitative estimate of drug-likeness (QED) is 0.678. The Bertz CT molecular complexity index is 161. The molecule has 0 bridgehead atoms. The summed E-state index contributed by atoms with van der Waals surface area (Å²) in [6.45, 7) is 4.01. The molecule has 1 saturated heterocycles. The monoisotopic (exact) mass is 175 g/mol. The fourth-order valence-corrected chi connectivity index (χ4v) is 2.35. The molecule has 0 saturated carbocycles. The lowest BCUT2D eigenvalue weighted by Gasteiger charge is -2.25. The molecule has 1 fully saturated rings. The Kier molecular flexibility index (Phi) is 2.78. The van der Waals surface area contributed by atoms with E-state index in [1.165, 1.54) is 11.8 Å². The van der Waals surface area contributed by atoms with Gasteiger partial charge < -0.3 is 10.0 Å². The van der Waals surface area contributed by atoms with Crippen LogP contribution in [0.25, 0.3) is 0 Å². The van der Waals surface area contributed by atoms with Crippen LogP contribution in [0.1, 0.15) is 13.8 Å². The van der Waals surface area contributed by atoms with E-state index >= 15 is 0 Å². The van der Waals surface area contributed by atoms with Crippen LogP contribution in [0, 0.1) is 0 Å². The second-order valence-electron chi connectivity index (χ2n) is 2.91. The van der Waals surface area contributed by atoms with Gasteiger partial charge in [-0.3, -0.25) is 4.79 Å². The molecule has 0 aromatic rings. The van der Waals surface area contributed by atoms with Crippen molar-refractivity contribution >= 4 is 17.0 Å². The Balaban J connectivity index is 2.63. The zero-order valence-corrected chi connectivity index (χ0v) is 7.60. The maximum absolute atomic E-state index is 11.2. The molecule has 1 rings (SSSR count). The number of hydrogen-bond acceptors (Lipinski definition) is 3. The summed E-state index contributed by atoms with van der Waals surface area (Å²) in [5.41, 5.74) is 0. The van der Waals surface area contributed by atoms with Crippen LogP contribution in [0.3, 0.4) is 0 Å². The Morgan fingerprint density at radius 3 is 2.82 bits per heavy atom. The second-order valence-corrected chi connectivity index (χ2v) is 3.89. The number of aliphatic hydroxyl groups excluding tert-OH is 1. The minimum absolute atomic E-state index is 0.0347. The first-order valence-corrected chi connectivity index (χ1v) is 4.71. The second kappa shape index (κ2) is 3.45.